The van der Waals surface area contributed by atoms with Gasteiger partial charge in [-0.25, -0.2) is 4.98 Å². The fraction of sp³-hybridized carbons (Fsp3) is 0.364. The molecule has 2 aromatic heterocycles. The second-order valence-corrected chi connectivity index (χ2v) is 4.44. The van der Waals surface area contributed by atoms with Crippen LogP contribution in [0, 0.1) is 6.92 Å². The molecule has 3 nitrogen and oxygen atoms in total. The lowest BCUT2D eigenvalue weighted by Crippen LogP contribution is -2.18. The second kappa shape index (κ2) is 4.59. The van der Waals surface area contributed by atoms with Crippen LogP contribution in [0.3, 0.4) is 0 Å². The van der Waals surface area contributed by atoms with Gasteiger partial charge in [-0.05, 0) is 20.0 Å². The standard InChI is InChI=1S/C11H14N2OS/c1-8-5-9(7-14-8)10(12-2)6-11-13-3-4-15-11/h3-5,7,10,12H,6H2,1-2H3. The monoisotopic (exact) mass is 222 g/mol. The van der Waals surface area contributed by atoms with E-state index in [1.165, 1.54) is 5.56 Å². The highest BCUT2D eigenvalue weighted by atomic mass is 32.1. The molecule has 0 spiro atoms. The fourth-order valence-corrected chi connectivity index (χ4v) is 2.22. The van der Waals surface area contributed by atoms with Gasteiger partial charge < -0.3 is 9.73 Å². The minimum Gasteiger partial charge on any atom is -0.469 e. The lowest BCUT2D eigenvalue weighted by Gasteiger charge is -2.11. The van der Waals surface area contributed by atoms with Crippen molar-refractivity contribution in [3.05, 3.63) is 40.2 Å². The maximum Gasteiger partial charge on any atom is 0.101 e. The third-order valence-electron chi connectivity index (χ3n) is 2.36. The van der Waals surface area contributed by atoms with Gasteiger partial charge in [0.15, 0.2) is 0 Å². The van der Waals surface area contributed by atoms with E-state index in [-0.39, 0.29) is 6.04 Å². The summed E-state index contributed by atoms with van der Waals surface area (Å²) in [5.74, 6) is 0.949. The van der Waals surface area contributed by atoms with E-state index in [4.69, 9.17) is 4.42 Å². The Kier molecular flexibility index (Phi) is 3.18. The van der Waals surface area contributed by atoms with Gasteiger partial charge in [-0.15, -0.1) is 11.3 Å². The molecule has 4 heteroatoms. The minimum atomic E-state index is 0.286. The highest BCUT2D eigenvalue weighted by Gasteiger charge is 2.13. The molecule has 0 radical (unpaired) electrons. The van der Waals surface area contributed by atoms with Gasteiger partial charge in [0.25, 0.3) is 0 Å². The van der Waals surface area contributed by atoms with E-state index in [2.05, 4.69) is 16.4 Å². The number of nitrogens with one attached hydrogen (secondary N) is 1. The van der Waals surface area contributed by atoms with Gasteiger partial charge in [-0.1, -0.05) is 0 Å². The van der Waals surface area contributed by atoms with Crippen molar-refractivity contribution in [3.63, 3.8) is 0 Å². The van der Waals surface area contributed by atoms with Gasteiger partial charge in [0.05, 0.1) is 11.3 Å². The molecule has 2 heterocycles. The molecule has 2 aromatic rings. The first kappa shape index (κ1) is 10.4. The number of likely N-dealkylation sites (N-methyl/N-ethyl adjacent to an activating group) is 1. The van der Waals surface area contributed by atoms with Crippen molar-refractivity contribution in [2.75, 3.05) is 7.05 Å². The Bertz CT molecular complexity index is 408. The van der Waals surface area contributed by atoms with Crippen LogP contribution in [0.2, 0.25) is 0 Å². The van der Waals surface area contributed by atoms with Gasteiger partial charge in [0.2, 0.25) is 0 Å². The molecule has 2 rings (SSSR count). The predicted octanol–water partition coefficient (Wildman–Crippen LogP) is 2.55. The number of aromatic nitrogens is 1. The third kappa shape index (κ3) is 2.46. The topological polar surface area (TPSA) is 38.1 Å². The van der Waals surface area contributed by atoms with Crippen LogP contribution < -0.4 is 5.32 Å². The maximum atomic E-state index is 5.31. The summed E-state index contributed by atoms with van der Waals surface area (Å²) < 4.78 is 5.31. The zero-order valence-corrected chi connectivity index (χ0v) is 9.67. The van der Waals surface area contributed by atoms with Gasteiger partial charge >= 0.3 is 0 Å². The Hall–Kier alpha value is -1.13. The summed E-state index contributed by atoms with van der Waals surface area (Å²) in [4.78, 5) is 4.28. The smallest absolute Gasteiger partial charge is 0.101 e. The molecule has 0 aliphatic rings. The molecular formula is C11H14N2OS. The zero-order valence-electron chi connectivity index (χ0n) is 8.86. The zero-order chi connectivity index (χ0) is 10.7. The third-order valence-corrected chi connectivity index (χ3v) is 3.17. The SMILES string of the molecule is CNC(Cc1nccs1)c1coc(C)c1. The average molecular weight is 222 g/mol. The Morgan fingerprint density at radius 3 is 3.00 bits per heavy atom. The average Bonchev–Trinajstić information content (AvgIpc) is 2.85. The summed E-state index contributed by atoms with van der Waals surface area (Å²) in [6, 6.07) is 2.35. The molecule has 0 fully saturated rings. The van der Waals surface area contributed by atoms with E-state index in [1.807, 2.05) is 31.8 Å². The maximum absolute atomic E-state index is 5.31. The van der Waals surface area contributed by atoms with E-state index in [9.17, 15) is 0 Å². The second-order valence-electron chi connectivity index (χ2n) is 3.46. The van der Waals surface area contributed by atoms with Crippen LogP contribution in [-0.4, -0.2) is 12.0 Å². The predicted molar refractivity (Wildman–Crippen MR) is 61.1 cm³/mol. The first-order valence-electron chi connectivity index (χ1n) is 4.90. The van der Waals surface area contributed by atoms with E-state index in [0.717, 1.165) is 17.2 Å². The van der Waals surface area contributed by atoms with E-state index in [0.29, 0.717) is 0 Å². The highest BCUT2D eigenvalue weighted by molar-refractivity contribution is 7.09. The number of aryl methyl sites for hydroxylation is 1. The van der Waals surface area contributed by atoms with E-state index in [1.54, 1.807) is 11.3 Å². The quantitative estimate of drug-likeness (QED) is 0.864. The van der Waals surface area contributed by atoms with Gasteiger partial charge in [-0.3, -0.25) is 0 Å². The molecule has 1 N–H and O–H groups in total. The number of hydrogen-bond acceptors (Lipinski definition) is 4. The van der Waals surface area contributed by atoms with Crippen molar-refractivity contribution < 1.29 is 4.42 Å². The molecule has 80 valence electrons. The van der Waals surface area contributed by atoms with Crippen molar-refractivity contribution in [3.8, 4) is 0 Å². The lowest BCUT2D eigenvalue weighted by molar-refractivity contribution is 0.520. The van der Waals surface area contributed by atoms with Crippen molar-refractivity contribution in [2.24, 2.45) is 0 Å². The Morgan fingerprint density at radius 2 is 2.47 bits per heavy atom. The molecule has 0 saturated heterocycles. The van der Waals surface area contributed by atoms with Gasteiger partial charge in [0.1, 0.15) is 5.76 Å². The largest absolute Gasteiger partial charge is 0.469 e. The molecule has 0 aliphatic heterocycles. The molecule has 1 atom stereocenters. The summed E-state index contributed by atoms with van der Waals surface area (Å²) in [5, 5.41) is 6.43. The minimum absolute atomic E-state index is 0.286. The van der Waals surface area contributed by atoms with E-state index < -0.39 is 0 Å². The molecule has 0 aromatic carbocycles. The summed E-state index contributed by atoms with van der Waals surface area (Å²) in [6.45, 7) is 1.96. The molecule has 15 heavy (non-hydrogen) atoms. The van der Waals surface area contributed by atoms with Crippen molar-refractivity contribution >= 4 is 11.3 Å². The summed E-state index contributed by atoms with van der Waals surface area (Å²) in [5.41, 5.74) is 1.19. The van der Waals surface area contributed by atoms with Crippen LogP contribution in [0.4, 0.5) is 0 Å². The van der Waals surface area contributed by atoms with Crippen molar-refractivity contribution in [1.82, 2.24) is 10.3 Å². The Labute approximate surface area is 93.2 Å². The molecular weight excluding hydrogens is 208 g/mol. The van der Waals surface area contributed by atoms with Crippen LogP contribution in [0.5, 0.6) is 0 Å². The number of thiazole rings is 1. The van der Waals surface area contributed by atoms with Crippen LogP contribution in [0.25, 0.3) is 0 Å². The summed E-state index contributed by atoms with van der Waals surface area (Å²) in [6.07, 6.45) is 4.56. The van der Waals surface area contributed by atoms with Gasteiger partial charge in [-0.2, -0.15) is 0 Å². The van der Waals surface area contributed by atoms with Crippen LogP contribution in [0.15, 0.2) is 28.3 Å². The molecule has 0 aliphatic carbocycles. The molecule has 0 saturated carbocycles. The number of rotatable bonds is 4. The number of hydrogen-bond donors (Lipinski definition) is 1. The Balaban J connectivity index is 2.11. The van der Waals surface area contributed by atoms with E-state index >= 15 is 0 Å². The lowest BCUT2D eigenvalue weighted by atomic mass is 10.1. The van der Waals surface area contributed by atoms with Gasteiger partial charge in [0, 0.05) is 29.6 Å². The van der Waals surface area contributed by atoms with Crippen LogP contribution >= 0.6 is 11.3 Å². The van der Waals surface area contributed by atoms with Crippen LogP contribution in [0.1, 0.15) is 22.4 Å². The highest BCUT2D eigenvalue weighted by Crippen LogP contribution is 2.21. The fourth-order valence-electron chi connectivity index (χ4n) is 1.56. The molecule has 1 unspecified atom stereocenters. The van der Waals surface area contributed by atoms with Crippen molar-refractivity contribution in [2.45, 2.75) is 19.4 Å². The molecule has 0 bridgehead atoms. The summed E-state index contributed by atoms with van der Waals surface area (Å²) >= 11 is 1.69. The first-order chi connectivity index (χ1) is 7.29. The van der Waals surface area contributed by atoms with Crippen LogP contribution in [-0.2, 0) is 6.42 Å². The summed E-state index contributed by atoms with van der Waals surface area (Å²) in [7, 11) is 1.96. The van der Waals surface area contributed by atoms with Crippen molar-refractivity contribution in [1.29, 1.82) is 0 Å². The Morgan fingerprint density at radius 1 is 1.60 bits per heavy atom. The first-order valence-corrected chi connectivity index (χ1v) is 5.78. The molecule has 0 amide bonds. The normalized spacial score (nSPS) is 12.9. The number of furan rings is 1. The number of nitrogens with zero attached hydrogens (tertiary/aromatic N) is 1.